The van der Waals surface area contributed by atoms with Crippen LogP contribution in [0.5, 0.6) is 0 Å². The minimum absolute atomic E-state index is 0.500. The van der Waals surface area contributed by atoms with Crippen molar-refractivity contribution in [1.29, 1.82) is 0 Å². The topological polar surface area (TPSA) is 0 Å². The fourth-order valence-electron chi connectivity index (χ4n) is 1.86. The normalized spacial score (nSPS) is 9.00. The molecule has 0 nitrogen and oxygen atoms in total. The van der Waals surface area contributed by atoms with Crippen LogP contribution in [0.15, 0.2) is 61.7 Å². The number of halogens is 1. The Bertz CT molecular complexity index is 512. The molecule has 0 radical (unpaired) electrons. The summed E-state index contributed by atoms with van der Waals surface area (Å²) in [5.41, 5.74) is 4.68. The molecule has 0 N–H and O–H groups in total. The van der Waals surface area contributed by atoms with Crippen molar-refractivity contribution in [3.05, 3.63) is 72.8 Å². The van der Waals surface area contributed by atoms with Crippen LogP contribution in [0.4, 0.5) is 4.39 Å². The van der Waals surface area contributed by atoms with E-state index in [4.69, 9.17) is 0 Å². The van der Waals surface area contributed by atoms with E-state index in [1.165, 1.54) is 11.1 Å². The van der Waals surface area contributed by atoms with Crippen LogP contribution in [-0.4, -0.2) is 7.18 Å². The van der Waals surface area contributed by atoms with E-state index in [2.05, 4.69) is 37.4 Å². The lowest BCUT2D eigenvalue weighted by atomic mass is 9.95. The van der Waals surface area contributed by atoms with E-state index in [0.717, 1.165) is 11.1 Å². The van der Waals surface area contributed by atoms with Gasteiger partial charge >= 0.3 is 0 Å². The summed E-state index contributed by atoms with van der Waals surface area (Å²) in [6.45, 7) is 7.70. The molecule has 2 aromatic carbocycles. The Morgan fingerprint density at radius 2 is 1.50 bits per heavy atom. The fraction of sp³-hybridized carbons (Fsp3) is 0.0588. The zero-order chi connectivity index (χ0) is 13.4. The molecule has 0 fully saturated rings. The first-order valence-corrected chi connectivity index (χ1v) is 5.68. The predicted molar refractivity (Wildman–Crippen MR) is 79.1 cm³/mol. The minimum Gasteiger partial charge on any atom is -0.255 e. The van der Waals surface area contributed by atoms with E-state index in [0.29, 0.717) is 7.18 Å². The van der Waals surface area contributed by atoms with Crippen molar-refractivity contribution in [2.24, 2.45) is 0 Å². The highest BCUT2D eigenvalue weighted by molar-refractivity contribution is 5.80. The molecule has 0 amide bonds. The van der Waals surface area contributed by atoms with Gasteiger partial charge in [0.05, 0.1) is 7.18 Å². The Kier molecular flexibility index (Phi) is 5.59. The summed E-state index contributed by atoms with van der Waals surface area (Å²) in [5.74, 6) is 0. The van der Waals surface area contributed by atoms with Crippen LogP contribution < -0.4 is 0 Å². The van der Waals surface area contributed by atoms with Crippen molar-refractivity contribution in [2.45, 2.75) is 0 Å². The van der Waals surface area contributed by atoms with Gasteiger partial charge in [-0.1, -0.05) is 73.8 Å². The average molecular weight is 240 g/mol. The lowest BCUT2D eigenvalue weighted by Crippen LogP contribution is -1.86. The number of hydrogen-bond acceptors (Lipinski definition) is 0. The zero-order valence-electron chi connectivity index (χ0n) is 10.6. The largest absolute Gasteiger partial charge is 0.255 e. The molecule has 0 aliphatic carbocycles. The Labute approximate surface area is 108 Å². The molecule has 0 aliphatic rings. The zero-order valence-corrected chi connectivity index (χ0v) is 10.6. The lowest BCUT2D eigenvalue weighted by Gasteiger charge is -2.09. The van der Waals surface area contributed by atoms with Crippen molar-refractivity contribution in [3.8, 4) is 11.1 Å². The first kappa shape index (κ1) is 13.9. The average Bonchev–Trinajstić information content (AvgIpc) is 2.49. The summed E-state index contributed by atoms with van der Waals surface area (Å²) in [7, 11) is 0.500. The number of benzene rings is 2. The molecular formula is C17H17F. The molecule has 92 valence electrons. The quantitative estimate of drug-likeness (QED) is 0.689. The second-order valence-electron chi connectivity index (χ2n) is 3.58. The minimum atomic E-state index is 0.500. The van der Waals surface area contributed by atoms with Crippen molar-refractivity contribution < 1.29 is 4.39 Å². The van der Waals surface area contributed by atoms with Crippen LogP contribution in [0.3, 0.4) is 0 Å². The van der Waals surface area contributed by atoms with Crippen molar-refractivity contribution >= 4 is 12.2 Å². The van der Waals surface area contributed by atoms with E-state index in [9.17, 15) is 4.39 Å². The standard InChI is InChI=1S/C16H14.CH3F/c1-3-13-11-8-12-16(15(13)4-2)14-9-6-5-7-10-14;1-2/h3-12H,1-2H2;1H3. The molecule has 0 bridgehead atoms. The Morgan fingerprint density at radius 1 is 0.833 bits per heavy atom. The van der Waals surface area contributed by atoms with Crippen LogP contribution in [0.2, 0.25) is 0 Å². The van der Waals surface area contributed by atoms with Crippen LogP contribution in [0, 0.1) is 0 Å². The van der Waals surface area contributed by atoms with Crippen molar-refractivity contribution in [3.63, 3.8) is 0 Å². The van der Waals surface area contributed by atoms with Gasteiger partial charge in [0.25, 0.3) is 0 Å². The third kappa shape index (κ3) is 2.95. The maximum Gasteiger partial charge on any atom is 0.0785 e. The van der Waals surface area contributed by atoms with Gasteiger partial charge in [-0.2, -0.15) is 0 Å². The second-order valence-corrected chi connectivity index (χ2v) is 3.58. The molecule has 0 saturated carbocycles. The molecule has 1 heteroatoms. The first-order valence-electron chi connectivity index (χ1n) is 5.68. The van der Waals surface area contributed by atoms with Crippen LogP contribution in [0.1, 0.15) is 11.1 Å². The molecule has 0 atom stereocenters. The third-order valence-corrected chi connectivity index (χ3v) is 2.65. The van der Waals surface area contributed by atoms with Gasteiger partial charge in [0.15, 0.2) is 0 Å². The molecule has 2 rings (SSSR count). The Morgan fingerprint density at radius 3 is 2.06 bits per heavy atom. The van der Waals surface area contributed by atoms with E-state index < -0.39 is 0 Å². The predicted octanol–water partition coefficient (Wildman–Crippen LogP) is 5.23. The van der Waals surface area contributed by atoms with E-state index in [1.54, 1.807) is 0 Å². The van der Waals surface area contributed by atoms with Crippen LogP contribution >= 0.6 is 0 Å². The van der Waals surface area contributed by atoms with Gasteiger partial charge in [-0.3, -0.25) is 4.39 Å². The molecule has 0 aliphatic heterocycles. The summed E-state index contributed by atoms with van der Waals surface area (Å²) < 4.78 is 9.50. The number of rotatable bonds is 3. The number of hydrogen-bond donors (Lipinski definition) is 0. The summed E-state index contributed by atoms with van der Waals surface area (Å²) in [4.78, 5) is 0. The highest BCUT2D eigenvalue weighted by Gasteiger charge is 2.04. The smallest absolute Gasteiger partial charge is 0.0785 e. The van der Waals surface area contributed by atoms with E-state index >= 15 is 0 Å². The Hall–Kier alpha value is -2.15. The maximum absolute atomic E-state index is 9.50. The molecular weight excluding hydrogens is 223 g/mol. The summed E-state index contributed by atoms with van der Waals surface area (Å²) in [6, 6.07) is 16.5. The molecule has 2 aromatic rings. The molecule has 18 heavy (non-hydrogen) atoms. The van der Waals surface area contributed by atoms with Gasteiger partial charge in [-0.15, -0.1) is 0 Å². The van der Waals surface area contributed by atoms with Crippen molar-refractivity contribution in [1.82, 2.24) is 0 Å². The van der Waals surface area contributed by atoms with Gasteiger partial charge in [0, 0.05) is 0 Å². The van der Waals surface area contributed by atoms with E-state index in [-0.39, 0.29) is 0 Å². The van der Waals surface area contributed by atoms with Gasteiger partial charge in [-0.05, 0) is 22.3 Å². The molecule has 0 unspecified atom stereocenters. The first-order chi connectivity index (χ1) is 8.86. The molecule has 0 saturated heterocycles. The van der Waals surface area contributed by atoms with Gasteiger partial charge in [0.1, 0.15) is 0 Å². The molecule has 0 aromatic heterocycles. The summed E-state index contributed by atoms with van der Waals surface area (Å²) in [5, 5.41) is 0. The lowest BCUT2D eigenvalue weighted by molar-refractivity contribution is 0.636. The van der Waals surface area contributed by atoms with E-state index in [1.807, 2.05) is 36.4 Å². The second kappa shape index (κ2) is 7.23. The summed E-state index contributed by atoms with van der Waals surface area (Å²) >= 11 is 0. The van der Waals surface area contributed by atoms with Crippen molar-refractivity contribution in [2.75, 3.05) is 7.18 Å². The monoisotopic (exact) mass is 240 g/mol. The number of alkyl halides is 1. The Balaban J connectivity index is 0.000000771. The van der Waals surface area contributed by atoms with Gasteiger partial charge in [-0.25, -0.2) is 0 Å². The SMILES string of the molecule is C=Cc1cccc(-c2ccccc2)c1C=C.CF. The third-order valence-electron chi connectivity index (χ3n) is 2.65. The summed E-state index contributed by atoms with van der Waals surface area (Å²) in [6.07, 6.45) is 3.75. The van der Waals surface area contributed by atoms with Crippen LogP contribution in [0.25, 0.3) is 23.3 Å². The highest BCUT2D eigenvalue weighted by atomic mass is 19.1. The molecule has 0 spiro atoms. The maximum atomic E-state index is 9.50. The van der Waals surface area contributed by atoms with Gasteiger partial charge < -0.3 is 0 Å². The van der Waals surface area contributed by atoms with Gasteiger partial charge in [0.2, 0.25) is 0 Å². The fourth-order valence-corrected chi connectivity index (χ4v) is 1.86. The van der Waals surface area contributed by atoms with Crippen LogP contribution in [-0.2, 0) is 0 Å². The molecule has 0 heterocycles. The highest BCUT2D eigenvalue weighted by Crippen LogP contribution is 2.27.